The number of benzene rings is 2. The van der Waals surface area contributed by atoms with Crippen LogP contribution in [0.3, 0.4) is 0 Å². The van der Waals surface area contributed by atoms with Crippen molar-refractivity contribution in [3.63, 3.8) is 0 Å². The van der Waals surface area contributed by atoms with Crippen molar-refractivity contribution >= 4 is 21.7 Å². The van der Waals surface area contributed by atoms with Crippen molar-refractivity contribution < 1.29 is 17.6 Å². The molecule has 184 valence electrons. The highest BCUT2D eigenvalue weighted by Crippen LogP contribution is 2.22. The Balaban J connectivity index is 1.60. The van der Waals surface area contributed by atoms with Gasteiger partial charge in [-0.05, 0) is 61.4 Å². The van der Waals surface area contributed by atoms with Crippen molar-refractivity contribution in [2.24, 2.45) is 0 Å². The number of amides is 1. The van der Waals surface area contributed by atoms with E-state index >= 15 is 0 Å². The first-order valence-electron chi connectivity index (χ1n) is 11.1. The van der Waals surface area contributed by atoms with Gasteiger partial charge in [0.05, 0.1) is 16.3 Å². The second kappa shape index (κ2) is 11.1. The Morgan fingerprint density at radius 2 is 1.77 bits per heavy atom. The fraction of sp³-hybridized carbons (Fsp3) is 0.292. The minimum absolute atomic E-state index is 0.135. The first kappa shape index (κ1) is 25.9. The van der Waals surface area contributed by atoms with Gasteiger partial charge in [0.25, 0.3) is 5.91 Å². The zero-order valence-electron chi connectivity index (χ0n) is 19.5. The standard InChI is InChI=1S/C24H27FN6O3S/c1-3-30(4-2)35(33,34)20-13-7-17(8-14-20)24(32)28-15-5-6-22-21(16-26)23(27)31(29-22)19-11-9-18(25)10-12-19/h7-14H,3-6,15,27H2,1-2H3,(H,28,32). The summed E-state index contributed by atoms with van der Waals surface area (Å²) in [6.45, 7) is 4.57. The lowest BCUT2D eigenvalue weighted by atomic mass is 10.1. The van der Waals surface area contributed by atoms with E-state index in [0.717, 1.165) is 0 Å². The highest BCUT2D eigenvalue weighted by atomic mass is 32.2. The number of sulfonamides is 1. The molecule has 35 heavy (non-hydrogen) atoms. The van der Waals surface area contributed by atoms with Crippen LogP contribution in [-0.4, -0.2) is 48.0 Å². The van der Waals surface area contributed by atoms with Crippen LogP contribution in [0.5, 0.6) is 0 Å². The van der Waals surface area contributed by atoms with E-state index in [2.05, 4.69) is 16.5 Å². The number of halogens is 1. The molecule has 0 atom stereocenters. The molecule has 0 aliphatic rings. The highest BCUT2D eigenvalue weighted by molar-refractivity contribution is 7.89. The van der Waals surface area contributed by atoms with E-state index in [4.69, 9.17) is 5.73 Å². The molecule has 3 rings (SSSR count). The molecule has 1 aromatic heterocycles. The van der Waals surface area contributed by atoms with Gasteiger partial charge in [0.1, 0.15) is 23.3 Å². The van der Waals surface area contributed by atoms with Crippen LogP contribution in [0.2, 0.25) is 0 Å². The van der Waals surface area contributed by atoms with Crippen LogP contribution in [0.15, 0.2) is 53.4 Å². The number of hydrogen-bond acceptors (Lipinski definition) is 6. The number of aromatic nitrogens is 2. The number of nitrogens with zero attached hydrogens (tertiary/aromatic N) is 4. The molecule has 3 N–H and O–H groups in total. The Kier molecular flexibility index (Phi) is 8.22. The summed E-state index contributed by atoms with van der Waals surface area (Å²) in [5.74, 6) is -0.567. The van der Waals surface area contributed by atoms with Gasteiger partial charge in [0.2, 0.25) is 10.0 Å². The van der Waals surface area contributed by atoms with Crippen LogP contribution >= 0.6 is 0 Å². The van der Waals surface area contributed by atoms with Crippen LogP contribution in [0.4, 0.5) is 10.2 Å². The fourth-order valence-corrected chi connectivity index (χ4v) is 5.06. The number of nitriles is 1. The average Bonchev–Trinajstić information content (AvgIpc) is 3.17. The number of nitrogens with two attached hydrogens (primary N) is 1. The van der Waals surface area contributed by atoms with Gasteiger partial charge in [-0.1, -0.05) is 13.8 Å². The number of anilines is 1. The predicted molar refractivity (Wildman–Crippen MR) is 130 cm³/mol. The van der Waals surface area contributed by atoms with Crippen LogP contribution in [0, 0.1) is 17.1 Å². The van der Waals surface area contributed by atoms with Crippen LogP contribution in [0.1, 0.15) is 41.9 Å². The predicted octanol–water partition coefficient (Wildman–Crippen LogP) is 2.86. The highest BCUT2D eigenvalue weighted by Gasteiger charge is 2.22. The molecule has 0 aliphatic carbocycles. The minimum Gasteiger partial charge on any atom is -0.382 e. The van der Waals surface area contributed by atoms with Gasteiger partial charge in [-0.15, -0.1) is 0 Å². The molecule has 1 amide bonds. The SMILES string of the molecule is CCN(CC)S(=O)(=O)c1ccc(C(=O)NCCCc2nn(-c3ccc(F)cc3)c(N)c2C#N)cc1. The Morgan fingerprint density at radius 1 is 1.14 bits per heavy atom. The number of nitrogen functional groups attached to an aromatic ring is 1. The fourth-order valence-electron chi connectivity index (χ4n) is 3.60. The van der Waals surface area contributed by atoms with Gasteiger partial charge in [-0.3, -0.25) is 4.79 Å². The van der Waals surface area contributed by atoms with Crippen LogP contribution in [-0.2, 0) is 16.4 Å². The number of aryl methyl sites for hydroxylation is 1. The maximum absolute atomic E-state index is 13.2. The number of nitrogens with one attached hydrogen (secondary N) is 1. The molecule has 1 heterocycles. The second-order valence-corrected chi connectivity index (χ2v) is 9.62. The van der Waals surface area contributed by atoms with Crippen molar-refractivity contribution in [2.75, 3.05) is 25.4 Å². The molecular formula is C24H27FN6O3S. The van der Waals surface area contributed by atoms with E-state index in [1.807, 2.05) is 0 Å². The molecule has 0 spiro atoms. The summed E-state index contributed by atoms with van der Waals surface area (Å²) in [5.41, 5.74) is 7.66. The lowest BCUT2D eigenvalue weighted by molar-refractivity contribution is 0.0953. The maximum Gasteiger partial charge on any atom is 0.251 e. The summed E-state index contributed by atoms with van der Waals surface area (Å²) >= 11 is 0. The van der Waals surface area contributed by atoms with Crippen molar-refractivity contribution in [3.8, 4) is 11.8 Å². The maximum atomic E-state index is 13.2. The summed E-state index contributed by atoms with van der Waals surface area (Å²) in [7, 11) is -3.59. The molecule has 3 aromatic rings. The van der Waals surface area contributed by atoms with Gasteiger partial charge >= 0.3 is 0 Å². The smallest absolute Gasteiger partial charge is 0.251 e. The van der Waals surface area contributed by atoms with Gasteiger partial charge in [-0.25, -0.2) is 17.5 Å². The van der Waals surface area contributed by atoms with E-state index in [9.17, 15) is 22.9 Å². The number of carbonyl (C=O) groups excluding carboxylic acids is 1. The Labute approximate surface area is 204 Å². The van der Waals surface area contributed by atoms with Crippen molar-refractivity contribution in [1.82, 2.24) is 19.4 Å². The Bertz CT molecular complexity index is 1330. The summed E-state index contributed by atoms with van der Waals surface area (Å²) in [5, 5.41) is 16.7. The van der Waals surface area contributed by atoms with Crippen molar-refractivity contribution in [1.29, 1.82) is 5.26 Å². The zero-order valence-corrected chi connectivity index (χ0v) is 20.3. The third kappa shape index (κ3) is 5.67. The van der Waals surface area contributed by atoms with Gasteiger partial charge in [0, 0.05) is 25.2 Å². The van der Waals surface area contributed by atoms with Gasteiger partial charge in [-0.2, -0.15) is 14.7 Å². The lowest BCUT2D eigenvalue weighted by Gasteiger charge is -2.18. The number of rotatable bonds is 10. The molecule has 0 fully saturated rings. The third-order valence-corrected chi connectivity index (χ3v) is 7.58. The summed E-state index contributed by atoms with van der Waals surface area (Å²) < 4.78 is 41.1. The topological polar surface area (TPSA) is 134 Å². The summed E-state index contributed by atoms with van der Waals surface area (Å²) in [6.07, 6.45) is 0.886. The van der Waals surface area contributed by atoms with E-state index in [1.165, 1.54) is 57.5 Å². The van der Waals surface area contributed by atoms with Crippen molar-refractivity contribution in [2.45, 2.75) is 31.6 Å². The normalized spacial score (nSPS) is 11.4. The molecule has 0 radical (unpaired) electrons. The molecule has 0 saturated heterocycles. The first-order chi connectivity index (χ1) is 16.7. The number of hydrogen-bond donors (Lipinski definition) is 2. The zero-order chi connectivity index (χ0) is 25.6. The van der Waals surface area contributed by atoms with E-state index < -0.39 is 15.8 Å². The molecule has 0 aliphatic heterocycles. The minimum atomic E-state index is -3.59. The lowest BCUT2D eigenvalue weighted by Crippen LogP contribution is -2.30. The summed E-state index contributed by atoms with van der Waals surface area (Å²) in [6, 6.07) is 13.4. The van der Waals surface area contributed by atoms with Crippen molar-refractivity contribution in [3.05, 3.63) is 71.2 Å². The largest absolute Gasteiger partial charge is 0.382 e. The Hall–Kier alpha value is -3.75. The average molecular weight is 499 g/mol. The number of carbonyl (C=O) groups is 1. The third-order valence-electron chi connectivity index (χ3n) is 5.51. The Morgan fingerprint density at radius 3 is 2.34 bits per heavy atom. The first-order valence-corrected chi connectivity index (χ1v) is 12.6. The molecule has 0 saturated carbocycles. The quantitative estimate of drug-likeness (QED) is 0.413. The van der Waals surface area contributed by atoms with E-state index in [0.29, 0.717) is 49.4 Å². The van der Waals surface area contributed by atoms with Gasteiger partial charge in [0.15, 0.2) is 0 Å². The summed E-state index contributed by atoms with van der Waals surface area (Å²) in [4.78, 5) is 12.6. The molecule has 9 nitrogen and oxygen atoms in total. The molecular weight excluding hydrogens is 471 g/mol. The molecule has 0 bridgehead atoms. The van der Waals surface area contributed by atoms with Crippen LogP contribution in [0.25, 0.3) is 5.69 Å². The van der Waals surface area contributed by atoms with E-state index in [-0.39, 0.29) is 22.2 Å². The second-order valence-electron chi connectivity index (χ2n) is 7.68. The molecule has 0 unspecified atom stereocenters. The monoisotopic (exact) mass is 498 g/mol. The molecule has 11 heteroatoms. The van der Waals surface area contributed by atoms with Crippen LogP contribution < -0.4 is 11.1 Å². The van der Waals surface area contributed by atoms with E-state index in [1.54, 1.807) is 13.8 Å². The molecule has 2 aromatic carbocycles. The van der Waals surface area contributed by atoms with Gasteiger partial charge < -0.3 is 11.1 Å².